The molecule has 0 rings (SSSR count). The van der Waals surface area contributed by atoms with Gasteiger partial charge < -0.3 is 0 Å². The van der Waals surface area contributed by atoms with Crippen molar-refractivity contribution in [3.63, 3.8) is 0 Å². The van der Waals surface area contributed by atoms with E-state index >= 15 is 0 Å². The summed E-state index contributed by atoms with van der Waals surface area (Å²) < 4.78 is 0. The maximum atomic E-state index is 4.00. The van der Waals surface area contributed by atoms with Gasteiger partial charge in [-0.15, -0.1) is 0 Å². The SMILES string of the molecule is C=C/C=C(\C=C)SC(=C)CCCC. The van der Waals surface area contributed by atoms with E-state index in [1.165, 1.54) is 17.7 Å². The molecule has 0 bridgehead atoms. The first-order valence-corrected chi connectivity index (χ1v) is 5.37. The summed E-state index contributed by atoms with van der Waals surface area (Å²) in [5, 5.41) is 0. The quantitative estimate of drug-likeness (QED) is 0.530. The van der Waals surface area contributed by atoms with Gasteiger partial charge in [-0.1, -0.05) is 57.0 Å². The lowest BCUT2D eigenvalue weighted by molar-refractivity contribution is 0.810. The summed E-state index contributed by atoms with van der Waals surface area (Å²) in [6.07, 6.45) is 9.08. The van der Waals surface area contributed by atoms with Gasteiger partial charge in [0, 0.05) is 4.91 Å². The van der Waals surface area contributed by atoms with Crippen molar-refractivity contribution in [1.29, 1.82) is 0 Å². The maximum Gasteiger partial charge on any atom is 0.0112 e. The number of unbranched alkanes of at least 4 members (excludes halogenated alkanes) is 1. The van der Waals surface area contributed by atoms with E-state index in [9.17, 15) is 0 Å². The molecule has 0 heterocycles. The topological polar surface area (TPSA) is 0 Å². The van der Waals surface area contributed by atoms with Gasteiger partial charge >= 0.3 is 0 Å². The van der Waals surface area contributed by atoms with Crippen molar-refractivity contribution in [2.75, 3.05) is 0 Å². The van der Waals surface area contributed by atoms with Crippen molar-refractivity contribution in [2.45, 2.75) is 26.2 Å². The van der Waals surface area contributed by atoms with Crippen molar-refractivity contribution in [1.82, 2.24) is 0 Å². The molecule has 0 aromatic carbocycles. The minimum absolute atomic E-state index is 1.09. The van der Waals surface area contributed by atoms with Crippen molar-refractivity contribution in [3.8, 4) is 0 Å². The van der Waals surface area contributed by atoms with Crippen molar-refractivity contribution < 1.29 is 0 Å². The Morgan fingerprint density at radius 2 is 2.08 bits per heavy atom. The van der Waals surface area contributed by atoms with Crippen LogP contribution in [0.4, 0.5) is 0 Å². The normalized spacial score (nSPS) is 11.0. The third-order valence-corrected chi connectivity index (χ3v) is 2.59. The average molecular weight is 194 g/mol. The Bertz CT molecular complexity index is 211. The standard InChI is InChI=1S/C12H18S/c1-5-8-10-11(4)13-12(7-3)9-6-2/h6-7,9H,2-5,8,10H2,1H3/b12-9+. The Morgan fingerprint density at radius 3 is 2.54 bits per heavy atom. The predicted octanol–water partition coefficient (Wildman–Crippen LogP) is 4.68. The molecule has 0 aliphatic rings. The minimum Gasteiger partial charge on any atom is -0.0990 e. The van der Waals surface area contributed by atoms with Gasteiger partial charge in [0.1, 0.15) is 0 Å². The van der Waals surface area contributed by atoms with Gasteiger partial charge in [-0.3, -0.25) is 0 Å². The summed E-state index contributed by atoms with van der Waals surface area (Å²) in [6, 6.07) is 0. The summed E-state index contributed by atoms with van der Waals surface area (Å²) in [5.74, 6) is 0. The molecule has 0 spiro atoms. The van der Waals surface area contributed by atoms with E-state index in [1.807, 2.05) is 12.2 Å². The number of hydrogen-bond acceptors (Lipinski definition) is 1. The zero-order chi connectivity index (χ0) is 10.1. The van der Waals surface area contributed by atoms with Crippen LogP contribution in [0.1, 0.15) is 26.2 Å². The van der Waals surface area contributed by atoms with Crippen LogP contribution in [0.15, 0.2) is 47.8 Å². The number of rotatable bonds is 7. The van der Waals surface area contributed by atoms with E-state index in [4.69, 9.17) is 0 Å². The number of thioether (sulfide) groups is 1. The molecule has 13 heavy (non-hydrogen) atoms. The lowest BCUT2D eigenvalue weighted by atomic mass is 10.2. The zero-order valence-corrected chi connectivity index (χ0v) is 9.20. The Hall–Kier alpha value is -0.690. The van der Waals surface area contributed by atoms with Crippen LogP contribution in [0, 0.1) is 0 Å². The van der Waals surface area contributed by atoms with E-state index in [0.717, 1.165) is 11.3 Å². The molecule has 0 amide bonds. The lowest BCUT2D eigenvalue weighted by Gasteiger charge is -2.03. The Balaban J connectivity index is 3.94. The third kappa shape index (κ3) is 6.47. The molecule has 0 N–H and O–H groups in total. The third-order valence-electron chi connectivity index (χ3n) is 1.55. The fourth-order valence-electron chi connectivity index (χ4n) is 0.852. The van der Waals surface area contributed by atoms with E-state index in [-0.39, 0.29) is 0 Å². The summed E-state index contributed by atoms with van der Waals surface area (Å²) >= 11 is 1.69. The number of allylic oxidation sites excluding steroid dienone is 4. The molecule has 0 saturated carbocycles. The molecule has 0 aliphatic carbocycles. The van der Waals surface area contributed by atoms with Crippen LogP contribution < -0.4 is 0 Å². The van der Waals surface area contributed by atoms with Crippen LogP contribution in [-0.4, -0.2) is 0 Å². The van der Waals surface area contributed by atoms with Gasteiger partial charge in [-0.25, -0.2) is 0 Å². The first-order chi connectivity index (χ1) is 6.24. The summed E-state index contributed by atoms with van der Waals surface area (Å²) in [7, 11) is 0. The van der Waals surface area contributed by atoms with Crippen molar-refractivity contribution >= 4 is 11.8 Å². The van der Waals surface area contributed by atoms with E-state index in [1.54, 1.807) is 17.8 Å². The van der Waals surface area contributed by atoms with Crippen LogP contribution in [-0.2, 0) is 0 Å². The molecule has 0 nitrogen and oxygen atoms in total. The smallest absolute Gasteiger partial charge is 0.0112 e. The lowest BCUT2D eigenvalue weighted by Crippen LogP contribution is -1.77. The second-order valence-electron chi connectivity index (χ2n) is 2.75. The highest BCUT2D eigenvalue weighted by Crippen LogP contribution is 2.28. The van der Waals surface area contributed by atoms with E-state index < -0.39 is 0 Å². The molecule has 0 fully saturated rings. The molecular weight excluding hydrogens is 176 g/mol. The molecule has 0 unspecified atom stereocenters. The number of hydrogen-bond donors (Lipinski definition) is 0. The first kappa shape index (κ1) is 12.3. The van der Waals surface area contributed by atoms with Gasteiger partial charge in [-0.2, -0.15) is 0 Å². The van der Waals surface area contributed by atoms with Crippen LogP contribution in [0.2, 0.25) is 0 Å². The molecular formula is C12H18S. The average Bonchev–Trinajstić information content (AvgIpc) is 2.14. The summed E-state index contributed by atoms with van der Waals surface area (Å²) in [5.41, 5.74) is 0. The van der Waals surface area contributed by atoms with Gasteiger partial charge in [0.15, 0.2) is 0 Å². The van der Waals surface area contributed by atoms with Crippen molar-refractivity contribution in [2.24, 2.45) is 0 Å². The van der Waals surface area contributed by atoms with Crippen LogP contribution in [0.3, 0.4) is 0 Å². The molecule has 0 atom stereocenters. The molecule has 72 valence electrons. The molecule has 0 aromatic heterocycles. The zero-order valence-electron chi connectivity index (χ0n) is 8.38. The fourth-order valence-corrected chi connectivity index (χ4v) is 1.68. The highest BCUT2D eigenvalue weighted by Gasteiger charge is 1.96. The van der Waals surface area contributed by atoms with Crippen molar-refractivity contribution in [3.05, 3.63) is 47.8 Å². The van der Waals surface area contributed by atoms with Gasteiger partial charge in [0.2, 0.25) is 0 Å². The second kappa shape index (κ2) is 7.93. The van der Waals surface area contributed by atoms with E-state index in [2.05, 4.69) is 26.7 Å². The summed E-state index contributed by atoms with van der Waals surface area (Å²) in [4.78, 5) is 2.32. The molecule has 0 saturated heterocycles. The summed E-state index contributed by atoms with van der Waals surface area (Å²) in [6.45, 7) is 13.6. The van der Waals surface area contributed by atoms with Gasteiger partial charge in [0.05, 0.1) is 0 Å². The highest BCUT2D eigenvalue weighted by atomic mass is 32.2. The fraction of sp³-hybridized carbons (Fsp3) is 0.333. The largest absolute Gasteiger partial charge is 0.0990 e. The minimum atomic E-state index is 1.09. The second-order valence-corrected chi connectivity index (χ2v) is 4.01. The maximum absolute atomic E-state index is 4.00. The molecule has 0 radical (unpaired) electrons. The first-order valence-electron chi connectivity index (χ1n) is 4.55. The van der Waals surface area contributed by atoms with Crippen LogP contribution in [0.25, 0.3) is 0 Å². The Kier molecular flexibility index (Phi) is 7.51. The Labute approximate surface area is 86.1 Å². The molecule has 0 aromatic rings. The van der Waals surface area contributed by atoms with Gasteiger partial charge in [-0.05, 0) is 23.8 Å². The highest BCUT2D eigenvalue weighted by molar-refractivity contribution is 8.06. The van der Waals surface area contributed by atoms with Gasteiger partial charge in [0.25, 0.3) is 0 Å². The predicted molar refractivity (Wildman–Crippen MR) is 64.7 cm³/mol. The van der Waals surface area contributed by atoms with Crippen LogP contribution >= 0.6 is 11.8 Å². The molecule has 1 heteroatoms. The monoisotopic (exact) mass is 194 g/mol. The van der Waals surface area contributed by atoms with E-state index in [0.29, 0.717) is 0 Å². The van der Waals surface area contributed by atoms with Crippen LogP contribution in [0.5, 0.6) is 0 Å². The Morgan fingerprint density at radius 1 is 1.38 bits per heavy atom. The molecule has 0 aliphatic heterocycles.